The number of fused-ring (bicyclic) bond motifs is 1. The van der Waals surface area contributed by atoms with Gasteiger partial charge in [-0.3, -0.25) is 13.8 Å². The molecule has 0 saturated heterocycles. The molecule has 0 bridgehead atoms. The van der Waals surface area contributed by atoms with Crippen molar-refractivity contribution in [2.45, 2.75) is 18.0 Å². The predicted molar refractivity (Wildman–Crippen MR) is 119 cm³/mol. The molecule has 0 aliphatic carbocycles. The fourth-order valence-electron chi connectivity index (χ4n) is 3.54. The second-order valence-electron chi connectivity index (χ2n) is 7.27. The Morgan fingerprint density at radius 1 is 1.12 bits per heavy atom. The number of halogens is 1. The van der Waals surface area contributed by atoms with E-state index in [1.807, 2.05) is 24.3 Å². The molecule has 1 heterocycles. The second-order valence-corrected chi connectivity index (χ2v) is 8.69. The molecule has 3 aromatic carbocycles. The van der Waals surface area contributed by atoms with E-state index in [1.165, 1.54) is 17.0 Å². The molecule has 0 aromatic heterocycles. The molecule has 1 aliphatic heterocycles. The van der Waals surface area contributed by atoms with Gasteiger partial charge in [0.25, 0.3) is 5.91 Å². The van der Waals surface area contributed by atoms with Crippen LogP contribution in [0.5, 0.6) is 5.75 Å². The summed E-state index contributed by atoms with van der Waals surface area (Å²) < 4.78 is 31.1. The first-order valence-corrected chi connectivity index (χ1v) is 11.3. The Labute approximate surface area is 187 Å². The van der Waals surface area contributed by atoms with Gasteiger partial charge in [0.05, 0.1) is 35.0 Å². The summed E-state index contributed by atoms with van der Waals surface area (Å²) in [6, 6.07) is 18.0. The number of amides is 2. The standard InChI is InChI=1S/C24H21FN2O4S/c1-31-21-5-3-2-4-18(21)13-26-24(29)17-8-11-22-20(12-17)27(23(28)15-32(22)30)14-16-6-9-19(25)10-7-16/h2-12H,13-15H2,1H3,(H,26,29). The van der Waals surface area contributed by atoms with Gasteiger partial charge in [0, 0.05) is 17.7 Å². The lowest BCUT2D eigenvalue weighted by Gasteiger charge is -2.29. The second kappa shape index (κ2) is 9.32. The summed E-state index contributed by atoms with van der Waals surface area (Å²) in [5.74, 6) is -0.469. The maximum Gasteiger partial charge on any atom is 0.251 e. The van der Waals surface area contributed by atoms with Crippen LogP contribution >= 0.6 is 0 Å². The highest BCUT2D eigenvalue weighted by Gasteiger charge is 2.30. The average molecular weight is 453 g/mol. The van der Waals surface area contributed by atoms with Crippen LogP contribution < -0.4 is 15.0 Å². The molecule has 6 nitrogen and oxygen atoms in total. The summed E-state index contributed by atoms with van der Waals surface area (Å²) in [6.45, 7) is 0.458. The Morgan fingerprint density at radius 3 is 2.62 bits per heavy atom. The SMILES string of the molecule is COc1ccccc1CNC(=O)c1ccc2c(c1)N(Cc1ccc(F)cc1)C(=O)CS2=O. The van der Waals surface area contributed by atoms with Gasteiger partial charge in [-0.05, 0) is 42.0 Å². The molecule has 0 saturated carbocycles. The van der Waals surface area contributed by atoms with E-state index in [2.05, 4.69) is 5.32 Å². The number of benzene rings is 3. The van der Waals surface area contributed by atoms with Gasteiger partial charge in [0.1, 0.15) is 17.3 Å². The summed E-state index contributed by atoms with van der Waals surface area (Å²) in [5.41, 5.74) is 2.32. The van der Waals surface area contributed by atoms with Gasteiger partial charge in [-0.1, -0.05) is 30.3 Å². The third kappa shape index (κ3) is 4.55. The number of hydrogen-bond acceptors (Lipinski definition) is 4. The van der Waals surface area contributed by atoms with E-state index in [4.69, 9.17) is 4.74 Å². The van der Waals surface area contributed by atoms with E-state index in [-0.39, 0.29) is 36.5 Å². The van der Waals surface area contributed by atoms with Crippen LogP contribution in [0.25, 0.3) is 0 Å². The molecule has 0 radical (unpaired) electrons. The van der Waals surface area contributed by atoms with Crippen molar-refractivity contribution < 1.29 is 22.9 Å². The van der Waals surface area contributed by atoms with E-state index in [1.54, 1.807) is 37.4 Å². The Bertz CT molecular complexity index is 1200. The number of carbonyl (C=O) groups is 2. The highest BCUT2D eigenvalue weighted by Crippen LogP contribution is 2.31. The van der Waals surface area contributed by atoms with Crippen LogP contribution in [-0.2, 0) is 28.7 Å². The number of ether oxygens (including phenoxy) is 1. The van der Waals surface area contributed by atoms with Crippen LogP contribution in [0.3, 0.4) is 0 Å². The van der Waals surface area contributed by atoms with Crippen molar-refractivity contribution in [3.05, 3.63) is 89.2 Å². The Hall–Kier alpha value is -3.52. The highest BCUT2D eigenvalue weighted by atomic mass is 32.2. The molecule has 0 fully saturated rings. The molecule has 1 aliphatic rings. The van der Waals surface area contributed by atoms with Gasteiger partial charge >= 0.3 is 0 Å². The zero-order valence-electron chi connectivity index (χ0n) is 17.3. The van der Waals surface area contributed by atoms with Gasteiger partial charge in [-0.2, -0.15) is 0 Å². The number of nitrogens with one attached hydrogen (secondary N) is 1. The lowest BCUT2D eigenvalue weighted by Crippen LogP contribution is -2.38. The van der Waals surface area contributed by atoms with E-state index >= 15 is 0 Å². The molecule has 2 amide bonds. The molecule has 1 atom stereocenters. The number of para-hydroxylation sites is 1. The first-order valence-electron chi connectivity index (χ1n) is 9.93. The third-order valence-electron chi connectivity index (χ3n) is 5.20. The molecular weight excluding hydrogens is 431 g/mol. The van der Waals surface area contributed by atoms with Crippen LogP contribution in [0.15, 0.2) is 71.6 Å². The van der Waals surface area contributed by atoms with E-state index in [0.29, 0.717) is 21.9 Å². The zero-order chi connectivity index (χ0) is 22.7. The molecule has 0 spiro atoms. The molecule has 32 heavy (non-hydrogen) atoms. The third-order valence-corrected chi connectivity index (χ3v) is 6.54. The summed E-state index contributed by atoms with van der Waals surface area (Å²) in [7, 11) is 0.0801. The van der Waals surface area contributed by atoms with E-state index in [0.717, 1.165) is 11.1 Å². The van der Waals surface area contributed by atoms with Crippen LogP contribution in [0.1, 0.15) is 21.5 Å². The minimum Gasteiger partial charge on any atom is -0.496 e. The maximum atomic E-state index is 13.2. The summed E-state index contributed by atoms with van der Waals surface area (Å²) in [6.07, 6.45) is 0. The topological polar surface area (TPSA) is 75.7 Å². The van der Waals surface area contributed by atoms with Gasteiger partial charge in [0.2, 0.25) is 5.91 Å². The van der Waals surface area contributed by atoms with Crippen LogP contribution in [0.2, 0.25) is 0 Å². The number of anilines is 1. The summed E-state index contributed by atoms with van der Waals surface area (Å²) >= 11 is 0. The fourth-order valence-corrected chi connectivity index (χ4v) is 4.69. The first-order chi connectivity index (χ1) is 15.5. The average Bonchev–Trinajstić information content (AvgIpc) is 2.81. The lowest BCUT2D eigenvalue weighted by atomic mass is 10.1. The van der Waals surface area contributed by atoms with Gasteiger partial charge in [-0.15, -0.1) is 0 Å². The molecule has 164 valence electrons. The molecule has 3 aromatic rings. The minimum absolute atomic E-state index is 0.131. The van der Waals surface area contributed by atoms with Gasteiger partial charge < -0.3 is 15.0 Å². The molecule has 1 N–H and O–H groups in total. The zero-order valence-corrected chi connectivity index (χ0v) is 18.2. The predicted octanol–water partition coefficient (Wildman–Crippen LogP) is 3.42. The minimum atomic E-state index is -1.49. The highest BCUT2D eigenvalue weighted by molar-refractivity contribution is 7.86. The van der Waals surface area contributed by atoms with Crippen molar-refractivity contribution in [1.82, 2.24) is 5.32 Å². The van der Waals surface area contributed by atoms with Crippen molar-refractivity contribution in [1.29, 1.82) is 0 Å². The van der Waals surface area contributed by atoms with E-state index in [9.17, 15) is 18.2 Å². The number of hydrogen-bond donors (Lipinski definition) is 1. The number of methoxy groups -OCH3 is 1. The number of nitrogens with zero attached hydrogens (tertiary/aromatic N) is 1. The van der Waals surface area contributed by atoms with Crippen molar-refractivity contribution in [2.24, 2.45) is 0 Å². The molecule has 4 rings (SSSR count). The fraction of sp³-hybridized carbons (Fsp3) is 0.167. The quantitative estimate of drug-likeness (QED) is 0.622. The monoisotopic (exact) mass is 452 g/mol. The summed E-state index contributed by atoms with van der Waals surface area (Å²) in [4.78, 5) is 27.4. The van der Waals surface area contributed by atoms with Crippen LogP contribution in [0.4, 0.5) is 10.1 Å². The van der Waals surface area contributed by atoms with Crippen molar-refractivity contribution in [2.75, 3.05) is 17.8 Å². The Balaban J connectivity index is 1.58. The molecule has 1 unspecified atom stereocenters. The molecule has 8 heteroatoms. The Kier molecular flexibility index (Phi) is 6.32. The largest absolute Gasteiger partial charge is 0.496 e. The Morgan fingerprint density at radius 2 is 1.88 bits per heavy atom. The maximum absolute atomic E-state index is 13.2. The van der Waals surface area contributed by atoms with E-state index < -0.39 is 10.8 Å². The van der Waals surface area contributed by atoms with Crippen LogP contribution in [-0.4, -0.2) is 28.9 Å². The lowest BCUT2D eigenvalue weighted by molar-refractivity contribution is -0.116. The number of rotatable bonds is 6. The molecular formula is C24H21FN2O4S. The smallest absolute Gasteiger partial charge is 0.251 e. The number of carbonyl (C=O) groups excluding carboxylic acids is 2. The van der Waals surface area contributed by atoms with Crippen molar-refractivity contribution >= 4 is 28.3 Å². The van der Waals surface area contributed by atoms with Crippen LogP contribution in [0, 0.1) is 5.82 Å². The van der Waals surface area contributed by atoms with Gasteiger partial charge in [-0.25, -0.2) is 4.39 Å². The first kappa shape index (κ1) is 21.7. The van der Waals surface area contributed by atoms with Crippen molar-refractivity contribution in [3.8, 4) is 5.75 Å². The van der Waals surface area contributed by atoms with Gasteiger partial charge in [0.15, 0.2) is 0 Å². The normalized spacial score (nSPS) is 15.2. The summed E-state index contributed by atoms with van der Waals surface area (Å²) in [5, 5.41) is 2.85. The van der Waals surface area contributed by atoms with Crippen molar-refractivity contribution in [3.63, 3.8) is 0 Å².